The number of carboxylic acids is 1. The Morgan fingerprint density at radius 1 is 1.18 bits per heavy atom. The Morgan fingerprint density at radius 3 is 2.59 bits per heavy atom. The van der Waals surface area contributed by atoms with Gasteiger partial charge in [-0.2, -0.15) is 0 Å². The number of rotatable bonds is 7. The molecule has 2 rings (SSSR count). The molecule has 1 unspecified atom stereocenters. The zero-order chi connectivity index (χ0) is 15.9. The van der Waals surface area contributed by atoms with E-state index in [0.29, 0.717) is 6.42 Å². The summed E-state index contributed by atoms with van der Waals surface area (Å²) >= 11 is 0. The highest BCUT2D eigenvalue weighted by Crippen LogP contribution is 2.16. The van der Waals surface area contributed by atoms with Crippen LogP contribution < -0.4 is 5.32 Å². The van der Waals surface area contributed by atoms with Crippen LogP contribution in [0.1, 0.15) is 12.0 Å². The van der Waals surface area contributed by atoms with Crippen molar-refractivity contribution in [2.24, 2.45) is 0 Å². The van der Waals surface area contributed by atoms with Crippen LogP contribution in [-0.4, -0.2) is 36.7 Å². The van der Waals surface area contributed by atoms with E-state index in [4.69, 9.17) is 9.84 Å². The predicted octanol–water partition coefficient (Wildman–Crippen LogP) is 1.99. The molecular weight excluding hydrogens is 282 g/mol. The molecule has 1 atom stereocenters. The molecule has 2 aromatic rings. The third-order valence-electron chi connectivity index (χ3n) is 3.42. The van der Waals surface area contributed by atoms with Crippen molar-refractivity contribution in [3.63, 3.8) is 0 Å². The molecule has 0 saturated carbocycles. The first-order chi connectivity index (χ1) is 10.6. The van der Waals surface area contributed by atoms with E-state index >= 15 is 0 Å². The Balaban J connectivity index is 1.93. The summed E-state index contributed by atoms with van der Waals surface area (Å²) in [5.74, 6) is -1.39. The van der Waals surface area contributed by atoms with Gasteiger partial charge < -0.3 is 15.2 Å². The standard InChI is InChI=1S/C17H19NO4/c1-22-11-15(17(20)21)18-16(19)9-7-12-6-8-13-4-2-3-5-14(13)10-12/h2-6,8,10,15H,7,9,11H2,1H3,(H,18,19)(H,20,21). The second kappa shape index (κ2) is 7.56. The van der Waals surface area contributed by atoms with Gasteiger partial charge in [0, 0.05) is 13.5 Å². The molecule has 116 valence electrons. The smallest absolute Gasteiger partial charge is 0.328 e. The van der Waals surface area contributed by atoms with Crippen molar-refractivity contribution in [3.05, 3.63) is 48.0 Å². The summed E-state index contributed by atoms with van der Waals surface area (Å²) in [4.78, 5) is 22.8. The van der Waals surface area contributed by atoms with E-state index in [1.807, 2.05) is 42.5 Å². The van der Waals surface area contributed by atoms with Gasteiger partial charge in [0.1, 0.15) is 0 Å². The summed E-state index contributed by atoms with van der Waals surface area (Å²) in [6.07, 6.45) is 0.807. The molecule has 22 heavy (non-hydrogen) atoms. The van der Waals surface area contributed by atoms with Gasteiger partial charge in [-0.15, -0.1) is 0 Å². The van der Waals surface area contributed by atoms with Gasteiger partial charge in [-0.3, -0.25) is 4.79 Å². The summed E-state index contributed by atoms with van der Waals surface area (Å²) in [7, 11) is 1.40. The number of carbonyl (C=O) groups is 2. The topological polar surface area (TPSA) is 75.6 Å². The highest BCUT2D eigenvalue weighted by Gasteiger charge is 2.19. The van der Waals surface area contributed by atoms with Crippen molar-refractivity contribution in [1.29, 1.82) is 0 Å². The van der Waals surface area contributed by atoms with Crippen LogP contribution in [-0.2, 0) is 20.7 Å². The summed E-state index contributed by atoms with van der Waals surface area (Å²) < 4.78 is 4.78. The third-order valence-corrected chi connectivity index (χ3v) is 3.42. The number of benzene rings is 2. The number of hydrogen-bond donors (Lipinski definition) is 2. The van der Waals surface area contributed by atoms with Crippen molar-refractivity contribution in [2.75, 3.05) is 13.7 Å². The first-order valence-corrected chi connectivity index (χ1v) is 7.09. The maximum Gasteiger partial charge on any atom is 0.328 e. The van der Waals surface area contributed by atoms with Crippen LogP contribution in [0.15, 0.2) is 42.5 Å². The summed E-state index contributed by atoms with van der Waals surface area (Å²) in [5.41, 5.74) is 1.05. The molecule has 2 aromatic carbocycles. The van der Waals surface area contributed by atoms with Crippen LogP contribution in [0.5, 0.6) is 0 Å². The fourth-order valence-corrected chi connectivity index (χ4v) is 2.26. The zero-order valence-electron chi connectivity index (χ0n) is 12.4. The minimum atomic E-state index is -1.10. The van der Waals surface area contributed by atoms with Crippen LogP contribution in [0, 0.1) is 0 Å². The molecule has 5 nitrogen and oxygen atoms in total. The van der Waals surface area contributed by atoms with E-state index in [1.54, 1.807) is 0 Å². The Kier molecular flexibility index (Phi) is 5.49. The highest BCUT2D eigenvalue weighted by molar-refractivity contribution is 5.85. The molecule has 0 aliphatic heterocycles. The quantitative estimate of drug-likeness (QED) is 0.820. The molecule has 0 aliphatic rings. The maximum absolute atomic E-state index is 11.8. The molecule has 2 N–H and O–H groups in total. The zero-order valence-corrected chi connectivity index (χ0v) is 12.4. The fourth-order valence-electron chi connectivity index (χ4n) is 2.26. The van der Waals surface area contributed by atoms with Crippen LogP contribution in [0.25, 0.3) is 10.8 Å². The second-order valence-corrected chi connectivity index (χ2v) is 5.10. The van der Waals surface area contributed by atoms with E-state index in [1.165, 1.54) is 7.11 Å². The van der Waals surface area contributed by atoms with Gasteiger partial charge in [-0.1, -0.05) is 42.5 Å². The number of amides is 1. The highest BCUT2D eigenvalue weighted by atomic mass is 16.5. The van der Waals surface area contributed by atoms with E-state index in [9.17, 15) is 9.59 Å². The van der Waals surface area contributed by atoms with E-state index in [0.717, 1.165) is 16.3 Å². The number of ether oxygens (including phenoxy) is 1. The molecular formula is C17H19NO4. The SMILES string of the molecule is COCC(NC(=O)CCc1ccc2ccccc2c1)C(=O)O. The lowest BCUT2D eigenvalue weighted by Gasteiger charge is -2.13. The fraction of sp³-hybridized carbons (Fsp3) is 0.294. The Bertz CT molecular complexity index is 669. The van der Waals surface area contributed by atoms with Gasteiger partial charge in [0.25, 0.3) is 0 Å². The minimum Gasteiger partial charge on any atom is -0.480 e. The summed E-state index contributed by atoms with van der Waals surface area (Å²) in [5, 5.41) is 13.7. The molecule has 0 spiro atoms. The second-order valence-electron chi connectivity index (χ2n) is 5.10. The average molecular weight is 301 g/mol. The number of nitrogens with one attached hydrogen (secondary N) is 1. The Morgan fingerprint density at radius 2 is 1.91 bits per heavy atom. The van der Waals surface area contributed by atoms with Crippen LogP contribution in [0.4, 0.5) is 0 Å². The Labute approximate surface area is 128 Å². The molecule has 1 amide bonds. The number of fused-ring (bicyclic) bond motifs is 1. The Hall–Kier alpha value is -2.40. The molecule has 0 aliphatic carbocycles. The predicted molar refractivity (Wildman–Crippen MR) is 83.7 cm³/mol. The molecule has 0 radical (unpaired) electrons. The lowest BCUT2D eigenvalue weighted by atomic mass is 10.0. The number of aliphatic carboxylic acids is 1. The van der Waals surface area contributed by atoms with Gasteiger partial charge in [0.15, 0.2) is 6.04 Å². The number of hydrogen-bond acceptors (Lipinski definition) is 3. The van der Waals surface area contributed by atoms with Crippen molar-refractivity contribution in [2.45, 2.75) is 18.9 Å². The van der Waals surface area contributed by atoms with Gasteiger partial charge in [-0.05, 0) is 22.8 Å². The lowest BCUT2D eigenvalue weighted by molar-refractivity contribution is -0.143. The molecule has 0 saturated heterocycles. The van der Waals surface area contributed by atoms with Crippen LogP contribution in [0.2, 0.25) is 0 Å². The van der Waals surface area contributed by atoms with Crippen molar-refractivity contribution < 1.29 is 19.4 Å². The molecule has 5 heteroatoms. The maximum atomic E-state index is 11.8. The summed E-state index contributed by atoms with van der Waals surface area (Å²) in [6, 6.07) is 13.1. The van der Waals surface area contributed by atoms with Gasteiger partial charge in [-0.25, -0.2) is 4.79 Å². The molecule has 0 bridgehead atoms. The number of carbonyl (C=O) groups excluding carboxylic acids is 1. The lowest BCUT2D eigenvalue weighted by Crippen LogP contribution is -2.43. The van der Waals surface area contributed by atoms with Gasteiger partial charge >= 0.3 is 5.97 Å². The van der Waals surface area contributed by atoms with E-state index in [-0.39, 0.29) is 18.9 Å². The first-order valence-electron chi connectivity index (χ1n) is 7.09. The third kappa shape index (κ3) is 4.30. The molecule has 0 heterocycles. The van der Waals surface area contributed by atoms with Crippen molar-refractivity contribution >= 4 is 22.6 Å². The van der Waals surface area contributed by atoms with Crippen LogP contribution >= 0.6 is 0 Å². The molecule has 0 aromatic heterocycles. The number of aryl methyl sites for hydroxylation is 1. The van der Waals surface area contributed by atoms with Crippen molar-refractivity contribution in [3.8, 4) is 0 Å². The van der Waals surface area contributed by atoms with E-state index in [2.05, 4.69) is 5.32 Å². The largest absolute Gasteiger partial charge is 0.480 e. The van der Waals surface area contributed by atoms with Gasteiger partial charge in [0.05, 0.1) is 6.61 Å². The monoisotopic (exact) mass is 301 g/mol. The molecule has 0 fully saturated rings. The normalized spacial score (nSPS) is 12.0. The van der Waals surface area contributed by atoms with Gasteiger partial charge in [0.2, 0.25) is 5.91 Å². The average Bonchev–Trinajstić information content (AvgIpc) is 2.52. The number of methoxy groups -OCH3 is 1. The summed E-state index contributed by atoms with van der Waals surface area (Å²) in [6.45, 7) is -0.0446. The minimum absolute atomic E-state index is 0.0446. The first kappa shape index (κ1) is 16.0. The van der Waals surface area contributed by atoms with E-state index < -0.39 is 12.0 Å². The number of carboxylic acid groups (broad SMARTS) is 1. The van der Waals surface area contributed by atoms with Crippen LogP contribution in [0.3, 0.4) is 0 Å². The van der Waals surface area contributed by atoms with Crippen molar-refractivity contribution in [1.82, 2.24) is 5.32 Å².